The van der Waals surface area contributed by atoms with Crippen LogP contribution in [0.5, 0.6) is 0 Å². The van der Waals surface area contributed by atoms with Gasteiger partial charge < -0.3 is 20.4 Å². The van der Waals surface area contributed by atoms with E-state index in [1.165, 1.54) is 193 Å². The van der Waals surface area contributed by atoms with Crippen LogP contribution in [0.25, 0.3) is 0 Å². The van der Waals surface area contributed by atoms with Gasteiger partial charge in [0.05, 0.1) is 0 Å². The molecule has 2 unspecified atom stereocenters. The number of unbranched alkanes of at least 4 members (excludes halogenated alkanes) is 38. The first-order valence-electron chi connectivity index (χ1n) is 24.2. The molecular formula is C48H94O6. The third kappa shape index (κ3) is 29.1. The van der Waals surface area contributed by atoms with Crippen LogP contribution in [-0.4, -0.2) is 43.6 Å². The summed E-state index contributed by atoms with van der Waals surface area (Å²) in [6, 6.07) is 0. The fourth-order valence-electron chi connectivity index (χ4n) is 8.25. The summed E-state index contributed by atoms with van der Waals surface area (Å²) >= 11 is 0. The van der Waals surface area contributed by atoms with E-state index in [1.807, 2.05) is 0 Å². The molecule has 6 nitrogen and oxygen atoms in total. The largest absolute Gasteiger partial charge is 0.479 e. The minimum absolute atomic E-state index is 0.247. The van der Waals surface area contributed by atoms with Crippen molar-refractivity contribution < 1.29 is 30.0 Å². The Morgan fingerprint density at radius 3 is 0.537 bits per heavy atom. The topological polar surface area (TPSA) is 115 Å². The zero-order valence-corrected chi connectivity index (χ0v) is 36.3. The Bertz CT molecular complexity index is 751. The highest BCUT2D eigenvalue weighted by Crippen LogP contribution is 2.34. The third-order valence-corrected chi connectivity index (χ3v) is 12.2. The van der Waals surface area contributed by atoms with Crippen molar-refractivity contribution in [1.82, 2.24) is 0 Å². The predicted molar refractivity (Wildman–Crippen MR) is 230 cm³/mol. The van der Waals surface area contributed by atoms with E-state index in [9.17, 15) is 30.0 Å². The molecular weight excluding hydrogens is 673 g/mol. The van der Waals surface area contributed by atoms with Gasteiger partial charge in [-0.15, -0.1) is 0 Å². The Labute approximate surface area is 335 Å². The van der Waals surface area contributed by atoms with Gasteiger partial charge in [-0.05, 0) is 25.7 Å². The summed E-state index contributed by atoms with van der Waals surface area (Å²) in [5.41, 5.74) is -5.36. The number of carboxylic acid groups (broad SMARTS) is 2. The van der Waals surface area contributed by atoms with Crippen molar-refractivity contribution in [3.63, 3.8) is 0 Å². The molecule has 0 radical (unpaired) electrons. The molecule has 0 amide bonds. The SMILES string of the molecule is CCCCCCCCCCCCCCCCCCCCCCC(O)(C(=O)O)C(O)(CCCCCCCCCCCCCCCCCCCCCC)C(=O)O. The normalized spacial score (nSPS) is 13.9. The molecule has 0 saturated heterocycles. The Morgan fingerprint density at radius 1 is 0.278 bits per heavy atom. The van der Waals surface area contributed by atoms with Gasteiger partial charge in [-0.2, -0.15) is 0 Å². The molecule has 0 aliphatic rings. The monoisotopic (exact) mass is 767 g/mol. The molecule has 4 N–H and O–H groups in total. The summed E-state index contributed by atoms with van der Waals surface area (Å²) < 4.78 is 0. The van der Waals surface area contributed by atoms with E-state index in [1.54, 1.807) is 0 Å². The Hall–Kier alpha value is -1.14. The second-order valence-corrected chi connectivity index (χ2v) is 17.3. The lowest BCUT2D eigenvalue weighted by Crippen LogP contribution is -2.63. The first-order chi connectivity index (χ1) is 26.3. The van der Waals surface area contributed by atoms with Crippen LogP contribution in [0.15, 0.2) is 0 Å². The molecule has 6 heteroatoms. The molecule has 2 atom stereocenters. The number of aliphatic carboxylic acids is 2. The first-order valence-corrected chi connectivity index (χ1v) is 24.2. The number of hydrogen-bond donors (Lipinski definition) is 4. The fraction of sp³-hybridized carbons (Fsp3) is 0.958. The highest BCUT2D eigenvalue weighted by molar-refractivity contribution is 5.90. The lowest BCUT2D eigenvalue weighted by molar-refractivity contribution is -0.210. The summed E-state index contributed by atoms with van der Waals surface area (Å²) in [6.45, 7) is 4.54. The van der Waals surface area contributed by atoms with Crippen molar-refractivity contribution in [3.05, 3.63) is 0 Å². The van der Waals surface area contributed by atoms with Gasteiger partial charge in [0.25, 0.3) is 0 Å². The van der Waals surface area contributed by atoms with Crippen LogP contribution in [0.1, 0.15) is 284 Å². The average molecular weight is 767 g/mol. The quantitative estimate of drug-likeness (QED) is 0.0459. The molecule has 0 bridgehead atoms. The van der Waals surface area contributed by atoms with E-state index in [2.05, 4.69) is 13.8 Å². The average Bonchev–Trinajstić information content (AvgIpc) is 3.15. The smallest absolute Gasteiger partial charge is 0.339 e. The highest BCUT2D eigenvalue weighted by Gasteiger charge is 2.59. The van der Waals surface area contributed by atoms with E-state index < -0.39 is 23.1 Å². The van der Waals surface area contributed by atoms with Gasteiger partial charge in [-0.1, -0.05) is 258 Å². The lowest BCUT2D eigenvalue weighted by atomic mass is 9.75. The maximum atomic E-state index is 12.1. The molecule has 0 heterocycles. The summed E-state index contributed by atoms with van der Waals surface area (Å²) in [4.78, 5) is 24.3. The number of carbonyl (C=O) groups is 2. The molecule has 54 heavy (non-hydrogen) atoms. The molecule has 0 aromatic carbocycles. The van der Waals surface area contributed by atoms with Gasteiger partial charge in [0.15, 0.2) is 0 Å². The number of rotatable bonds is 45. The molecule has 0 aromatic heterocycles. The van der Waals surface area contributed by atoms with Crippen molar-refractivity contribution in [2.24, 2.45) is 0 Å². The van der Waals surface area contributed by atoms with Crippen LogP contribution in [-0.2, 0) is 9.59 Å². The van der Waals surface area contributed by atoms with Crippen LogP contribution in [0.4, 0.5) is 0 Å². The Kier molecular flexibility index (Phi) is 37.9. The minimum Gasteiger partial charge on any atom is -0.479 e. The second-order valence-electron chi connectivity index (χ2n) is 17.3. The zero-order chi connectivity index (χ0) is 39.9. The van der Waals surface area contributed by atoms with E-state index in [0.29, 0.717) is 12.8 Å². The maximum Gasteiger partial charge on any atom is 0.339 e. The minimum atomic E-state index is -2.68. The van der Waals surface area contributed by atoms with Crippen LogP contribution >= 0.6 is 0 Å². The number of hydrogen-bond acceptors (Lipinski definition) is 4. The Balaban J connectivity index is 3.89. The highest BCUT2D eigenvalue weighted by atomic mass is 16.5. The Morgan fingerprint density at radius 2 is 0.407 bits per heavy atom. The molecule has 0 spiro atoms. The summed E-state index contributed by atoms with van der Waals surface area (Å²) in [5.74, 6) is -3.28. The van der Waals surface area contributed by atoms with Gasteiger partial charge in [-0.25, -0.2) is 9.59 Å². The molecule has 0 aliphatic carbocycles. The van der Waals surface area contributed by atoms with Crippen molar-refractivity contribution in [2.75, 3.05) is 0 Å². The van der Waals surface area contributed by atoms with Crippen molar-refractivity contribution >= 4 is 11.9 Å². The van der Waals surface area contributed by atoms with E-state index in [-0.39, 0.29) is 12.8 Å². The van der Waals surface area contributed by atoms with Gasteiger partial charge in [0, 0.05) is 0 Å². The molecule has 0 saturated carbocycles. The maximum absolute atomic E-state index is 12.1. The fourth-order valence-corrected chi connectivity index (χ4v) is 8.25. The van der Waals surface area contributed by atoms with Crippen molar-refractivity contribution in [3.8, 4) is 0 Å². The van der Waals surface area contributed by atoms with Crippen LogP contribution in [0, 0.1) is 0 Å². The third-order valence-electron chi connectivity index (χ3n) is 12.2. The van der Waals surface area contributed by atoms with E-state index in [4.69, 9.17) is 0 Å². The van der Waals surface area contributed by atoms with Crippen LogP contribution < -0.4 is 0 Å². The predicted octanol–water partition coefficient (Wildman–Crippen LogP) is 15.0. The van der Waals surface area contributed by atoms with E-state index >= 15 is 0 Å². The molecule has 0 fully saturated rings. The summed E-state index contributed by atoms with van der Waals surface area (Å²) in [5, 5.41) is 41.9. The van der Waals surface area contributed by atoms with Gasteiger partial charge in [-0.3, -0.25) is 0 Å². The van der Waals surface area contributed by atoms with Crippen molar-refractivity contribution in [1.29, 1.82) is 0 Å². The lowest BCUT2D eigenvalue weighted by Gasteiger charge is -2.37. The molecule has 0 aliphatic heterocycles. The zero-order valence-electron chi connectivity index (χ0n) is 36.3. The van der Waals surface area contributed by atoms with Gasteiger partial charge >= 0.3 is 11.9 Å². The molecule has 0 rings (SSSR count). The number of aliphatic hydroxyl groups is 2. The van der Waals surface area contributed by atoms with Gasteiger partial charge in [0.2, 0.25) is 11.2 Å². The summed E-state index contributed by atoms with van der Waals surface area (Å²) in [7, 11) is 0. The van der Waals surface area contributed by atoms with Crippen molar-refractivity contribution in [2.45, 2.75) is 295 Å². The first kappa shape index (κ1) is 52.9. The molecule has 322 valence electrons. The number of carboxylic acids is 2. The standard InChI is InChI=1S/C48H94O6/c1-3-5-7-9-11-13-15-17-19-21-23-25-27-29-31-33-35-37-39-41-43-47(53,45(49)50)48(54,46(51)52)44-42-40-38-36-34-32-30-28-26-24-22-20-18-16-14-12-10-8-6-4-2/h53-54H,3-44H2,1-2H3,(H,49,50)(H,51,52). The second kappa shape index (κ2) is 38.7. The molecule has 0 aromatic rings. The van der Waals surface area contributed by atoms with Gasteiger partial charge in [0.1, 0.15) is 0 Å². The van der Waals surface area contributed by atoms with Crippen LogP contribution in [0.3, 0.4) is 0 Å². The summed E-state index contributed by atoms with van der Waals surface area (Å²) in [6.07, 6.45) is 48.8. The van der Waals surface area contributed by atoms with Crippen LogP contribution in [0.2, 0.25) is 0 Å². The van der Waals surface area contributed by atoms with E-state index in [0.717, 1.165) is 51.4 Å².